The average Bonchev–Trinajstić information content (AvgIpc) is 3.15. The van der Waals surface area contributed by atoms with Gasteiger partial charge >= 0.3 is 5.97 Å². The molecule has 3 rings (SSSR count). The van der Waals surface area contributed by atoms with Crippen LogP contribution >= 0.6 is 0 Å². The molecule has 4 nitrogen and oxygen atoms in total. The number of rotatable bonds is 4. The van der Waals surface area contributed by atoms with Gasteiger partial charge in [-0.15, -0.1) is 0 Å². The van der Waals surface area contributed by atoms with E-state index in [0.29, 0.717) is 12.3 Å². The van der Waals surface area contributed by atoms with Crippen molar-refractivity contribution in [3.05, 3.63) is 35.9 Å². The van der Waals surface area contributed by atoms with E-state index in [9.17, 15) is 13.2 Å². The zero-order valence-corrected chi connectivity index (χ0v) is 13.4. The van der Waals surface area contributed by atoms with Gasteiger partial charge in [-0.05, 0) is 24.8 Å². The van der Waals surface area contributed by atoms with Gasteiger partial charge in [-0.3, -0.25) is 4.79 Å². The van der Waals surface area contributed by atoms with E-state index in [4.69, 9.17) is 4.74 Å². The maximum absolute atomic E-state index is 12.4. The largest absolute Gasteiger partial charge is 0.457 e. The minimum atomic E-state index is -3.06. The first-order valence-electron chi connectivity index (χ1n) is 8.01. The molecule has 1 heterocycles. The van der Waals surface area contributed by atoms with E-state index in [2.05, 4.69) is 0 Å². The number of carbonyl (C=O) groups excluding carboxylic acids is 1. The standard InChI is InChI=1S/C17H22O4S/c18-17(15-10-11-22(19,20)12-15)21-16(14-8-4-5-9-14)13-6-2-1-3-7-13/h1-3,6-7,14-16H,4-5,8-12H2/t15-,16-/m1/s1. The van der Waals surface area contributed by atoms with Crippen molar-refractivity contribution in [2.24, 2.45) is 11.8 Å². The summed E-state index contributed by atoms with van der Waals surface area (Å²) in [6.45, 7) is 0. The summed E-state index contributed by atoms with van der Waals surface area (Å²) in [5.41, 5.74) is 1.02. The third-order valence-electron chi connectivity index (χ3n) is 4.76. The van der Waals surface area contributed by atoms with E-state index in [1.54, 1.807) is 0 Å². The molecule has 0 unspecified atom stereocenters. The topological polar surface area (TPSA) is 60.4 Å². The van der Waals surface area contributed by atoms with Crippen LogP contribution in [0.5, 0.6) is 0 Å². The highest BCUT2D eigenvalue weighted by Crippen LogP contribution is 2.39. The smallest absolute Gasteiger partial charge is 0.310 e. The van der Waals surface area contributed by atoms with Crippen molar-refractivity contribution < 1.29 is 17.9 Å². The molecule has 0 N–H and O–H groups in total. The molecule has 22 heavy (non-hydrogen) atoms. The van der Waals surface area contributed by atoms with Gasteiger partial charge in [-0.1, -0.05) is 43.2 Å². The fourth-order valence-electron chi connectivity index (χ4n) is 3.54. The second kappa shape index (κ2) is 6.41. The minimum Gasteiger partial charge on any atom is -0.457 e. The van der Waals surface area contributed by atoms with Gasteiger partial charge in [-0.2, -0.15) is 0 Å². The quantitative estimate of drug-likeness (QED) is 0.800. The summed E-state index contributed by atoms with van der Waals surface area (Å²) >= 11 is 0. The van der Waals surface area contributed by atoms with Gasteiger partial charge in [0.15, 0.2) is 9.84 Å². The van der Waals surface area contributed by atoms with E-state index in [1.165, 1.54) is 12.8 Å². The van der Waals surface area contributed by atoms with Crippen molar-refractivity contribution in [2.45, 2.75) is 38.2 Å². The van der Waals surface area contributed by atoms with Crippen molar-refractivity contribution in [3.63, 3.8) is 0 Å². The monoisotopic (exact) mass is 322 g/mol. The van der Waals surface area contributed by atoms with E-state index in [-0.39, 0.29) is 23.6 Å². The molecule has 1 aliphatic heterocycles. The average molecular weight is 322 g/mol. The molecule has 0 radical (unpaired) electrons. The SMILES string of the molecule is O=C(O[C@H](c1ccccc1)C1CCCC1)[C@@H]1CCS(=O)(=O)C1. The molecule has 0 bridgehead atoms. The van der Waals surface area contributed by atoms with E-state index in [0.717, 1.165) is 18.4 Å². The van der Waals surface area contributed by atoms with Crippen molar-refractivity contribution >= 4 is 15.8 Å². The number of ether oxygens (including phenoxy) is 1. The normalized spacial score (nSPS) is 25.9. The molecule has 1 aromatic rings. The lowest BCUT2D eigenvalue weighted by Gasteiger charge is -2.25. The first kappa shape index (κ1) is 15.5. The summed E-state index contributed by atoms with van der Waals surface area (Å²) in [6.07, 6.45) is 4.63. The summed E-state index contributed by atoms with van der Waals surface area (Å²) in [4.78, 5) is 12.4. The van der Waals surface area contributed by atoms with Crippen LogP contribution in [0.25, 0.3) is 0 Å². The molecule has 1 aromatic carbocycles. The van der Waals surface area contributed by atoms with Crippen LogP contribution in [0.2, 0.25) is 0 Å². The summed E-state index contributed by atoms with van der Waals surface area (Å²) in [5, 5.41) is 0. The van der Waals surface area contributed by atoms with Gasteiger partial charge in [0, 0.05) is 5.92 Å². The molecule has 2 aliphatic rings. The van der Waals surface area contributed by atoms with Gasteiger partial charge in [0.25, 0.3) is 0 Å². The molecule has 1 saturated heterocycles. The fourth-order valence-corrected chi connectivity index (χ4v) is 5.27. The van der Waals surface area contributed by atoms with Crippen molar-refractivity contribution in [3.8, 4) is 0 Å². The maximum atomic E-state index is 12.4. The summed E-state index contributed by atoms with van der Waals surface area (Å²) < 4.78 is 28.9. The molecule has 5 heteroatoms. The van der Waals surface area contributed by atoms with Crippen LogP contribution in [0.4, 0.5) is 0 Å². The lowest BCUT2D eigenvalue weighted by molar-refractivity contribution is -0.156. The fraction of sp³-hybridized carbons (Fsp3) is 0.588. The number of hydrogen-bond acceptors (Lipinski definition) is 4. The van der Waals surface area contributed by atoms with E-state index >= 15 is 0 Å². The molecule has 0 amide bonds. The Morgan fingerprint density at radius 3 is 2.36 bits per heavy atom. The Balaban J connectivity index is 1.74. The third-order valence-corrected chi connectivity index (χ3v) is 6.53. The van der Waals surface area contributed by atoms with Gasteiger partial charge in [-0.25, -0.2) is 8.42 Å². The van der Waals surface area contributed by atoms with Crippen LogP contribution in [-0.4, -0.2) is 25.9 Å². The van der Waals surface area contributed by atoms with Crippen LogP contribution in [-0.2, 0) is 19.4 Å². The van der Waals surface area contributed by atoms with Gasteiger partial charge in [0.2, 0.25) is 0 Å². The molecule has 120 valence electrons. The van der Waals surface area contributed by atoms with Crippen molar-refractivity contribution in [1.29, 1.82) is 0 Å². The van der Waals surface area contributed by atoms with Crippen LogP contribution in [0.15, 0.2) is 30.3 Å². The summed E-state index contributed by atoms with van der Waals surface area (Å²) in [6, 6.07) is 9.82. The van der Waals surface area contributed by atoms with Crippen LogP contribution < -0.4 is 0 Å². The predicted octanol–water partition coefficient (Wildman–Crippen LogP) is 2.90. The maximum Gasteiger partial charge on any atom is 0.310 e. The Labute approximate surface area is 131 Å². The molecule has 0 spiro atoms. The van der Waals surface area contributed by atoms with Crippen LogP contribution in [0.3, 0.4) is 0 Å². The number of carbonyl (C=O) groups is 1. The number of sulfone groups is 1. The Kier molecular flexibility index (Phi) is 4.52. The first-order valence-corrected chi connectivity index (χ1v) is 9.83. The highest BCUT2D eigenvalue weighted by Gasteiger charge is 2.37. The number of esters is 1. The second-order valence-corrected chi connectivity index (χ2v) is 8.64. The van der Waals surface area contributed by atoms with Crippen LogP contribution in [0.1, 0.15) is 43.8 Å². The Morgan fingerprint density at radius 1 is 1.09 bits per heavy atom. The molecule has 2 atom stereocenters. The van der Waals surface area contributed by atoms with Gasteiger partial charge in [0.05, 0.1) is 17.4 Å². The Hall–Kier alpha value is -1.36. The Morgan fingerprint density at radius 2 is 1.77 bits per heavy atom. The Bertz CT molecular complexity index is 617. The number of benzene rings is 1. The molecule has 0 aromatic heterocycles. The zero-order valence-electron chi connectivity index (χ0n) is 12.6. The zero-order chi connectivity index (χ0) is 15.6. The lowest BCUT2D eigenvalue weighted by atomic mass is 9.94. The summed E-state index contributed by atoms with van der Waals surface area (Å²) in [5.74, 6) is -0.437. The van der Waals surface area contributed by atoms with Crippen LogP contribution in [0, 0.1) is 11.8 Å². The van der Waals surface area contributed by atoms with E-state index in [1.807, 2.05) is 30.3 Å². The molecule has 1 saturated carbocycles. The van der Waals surface area contributed by atoms with Gasteiger partial charge in [0.1, 0.15) is 6.10 Å². The molecule has 2 fully saturated rings. The molecule has 1 aliphatic carbocycles. The first-order chi connectivity index (χ1) is 10.6. The number of hydrogen-bond donors (Lipinski definition) is 0. The minimum absolute atomic E-state index is 0.0575. The second-order valence-electron chi connectivity index (χ2n) is 6.41. The highest BCUT2D eigenvalue weighted by molar-refractivity contribution is 7.91. The third kappa shape index (κ3) is 3.51. The van der Waals surface area contributed by atoms with E-state index < -0.39 is 15.8 Å². The highest BCUT2D eigenvalue weighted by atomic mass is 32.2. The molecular formula is C17H22O4S. The van der Waals surface area contributed by atoms with Gasteiger partial charge < -0.3 is 4.74 Å². The summed E-state index contributed by atoms with van der Waals surface area (Å²) in [7, 11) is -3.06. The van der Waals surface area contributed by atoms with Crippen molar-refractivity contribution in [1.82, 2.24) is 0 Å². The predicted molar refractivity (Wildman–Crippen MR) is 84.0 cm³/mol. The van der Waals surface area contributed by atoms with Crippen molar-refractivity contribution in [2.75, 3.05) is 11.5 Å². The lowest BCUT2D eigenvalue weighted by Crippen LogP contribution is -2.24. The molecular weight excluding hydrogens is 300 g/mol.